The first kappa shape index (κ1) is 12.2. The highest BCUT2D eigenvalue weighted by Crippen LogP contribution is 2.37. The van der Waals surface area contributed by atoms with E-state index in [-0.39, 0.29) is 11.4 Å². The summed E-state index contributed by atoms with van der Waals surface area (Å²) in [4.78, 5) is 12.1. The summed E-state index contributed by atoms with van der Waals surface area (Å²) in [5.41, 5.74) is 0.481. The van der Waals surface area contributed by atoms with Gasteiger partial charge in [0.25, 0.3) is 0 Å². The molecule has 1 heterocycles. The van der Waals surface area contributed by atoms with Gasteiger partial charge < -0.3 is 4.74 Å². The van der Waals surface area contributed by atoms with Crippen LogP contribution in [0, 0.1) is 0 Å². The standard InChI is InChI=1S/C15H20O2/c1-3-5-10-15(4-2)11-13(16)12-8-6-7-9-14(12)17-15/h6-9H,3-5,10-11H2,1-2H3. The Morgan fingerprint density at radius 2 is 2.06 bits per heavy atom. The summed E-state index contributed by atoms with van der Waals surface area (Å²) >= 11 is 0. The molecule has 1 unspecified atom stereocenters. The Morgan fingerprint density at radius 1 is 1.29 bits per heavy atom. The third-order valence-corrected chi connectivity index (χ3v) is 3.63. The second-order valence-corrected chi connectivity index (χ2v) is 4.84. The van der Waals surface area contributed by atoms with Crippen molar-refractivity contribution in [3.8, 4) is 5.75 Å². The number of benzene rings is 1. The second-order valence-electron chi connectivity index (χ2n) is 4.84. The molecular formula is C15H20O2. The van der Waals surface area contributed by atoms with Crippen LogP contribution in [0.4, 0.5) is 0 Å². The van der Waals surface area contributed by atoms with Crippen molar-refractivity contribution in [2.24, 2.45) is 0 Å². The first-order chi connectivity index (χ1) is 8.21. The molecular weight excluding hydrogens is 212 g/mol. The van der Waals surface area contributed by atoms with Gasteiger partial charge in [-0.15, -0.1) is 0 Å². The van der Waals surface area contributed by atoms with E-state index >= 15 is 0 Å². The van der Waals surface area contributed by atoms with Gasteiger partial charge in [0.05, 0.1) is 12.0 Å². The lowest BCUT2D eigenvalue weighted by atomic mass is 9.84. The maximum atomic E-state index is 12.1. The van der Waals surface area contributed by atoms with Crippen LogP contribution in [0.15, 0.2) is 24.3 Å². The Labute approximate surface area is 103 Å². The summed E-state index contributed by atoms with van der Waals surface area (Å²) in [7, 11) is 0. The number of unbranched alkanes of at least 4 members (excludes halogenated alkanes) is 1. The zero-order chi connectivity index (χ0) is 12.3. The molecule has 92 valence electrons. The molecule has 0 amide bonds. The fraction of sp³-hybridized carbons (Fsp3) is 0.533. The van der Waals surface area contributed by atoms with Gasteiger partial charge in [-0.05, 0) is 31.4 Å². The molecule has 1 aliphatic heterocycles. The number of ether oxygens (including phenoxy) is 1. The van der Waals surface area contributed by atoms with E-state index in [9.17, 15) is 4.79 Å². The first-order valence-electron chi connectivity index (χ1n) is 6.52. The van der Waals surface area contributed by atoms with Crippen molar-refractivity contribution in [3.05, 3.63) is 29.8 Å². The molecule has 0 bridgehead atoms. The minimum Gasteiger partial charge on any atom is -0.486 e. The predicted octanol–water partition coefficient (Wildman–Crippen LogP) is 3.99. The average Bonchev–Trinajstić information content (AvgIpc) is 2.36. The summed E-state index contributed by atoms with van der Waals surface area (Å²) in [5.74, 6) is 0.992. The van der Waals surface area contributed by atoms with Gasteiger partial charge in [-0.3, -0.25) is 4.79 Å². The molecule has 1 aromatic rings. The van der Waals surface area contributed by atoms with E-state index in [1.54, 1.807) is 0 Å². The maximum absolute atomic E-state index is 12.1. The Bertz CT molecular complexity index is 411. The molecule has 1 aliphatic rings. The monoisotopic (exact) mass is 232 g/mol. The zero-order valence-electron chi connectivity index (χ0n) is 10.7. The summed E-state index contributed by atoms with van der Waals surface area (Å²) in [6.07, 6.45) is 4.65. The van der Waals surface area contributed by atoms with Gasteiger partial charge >= 0.3 is 0 Å². The van der Waals surface area contributed by atoms with E-state index in [0.717, 1.165) is 37.0 Å². The van der Waals surface area contributed by atoms with E-state index in [1.807, 2.05) is 24.3 Å². The van der Waals surface area contributed by atoms with Crippen molar-refractivity contribution in [2.45, 2.75) is 51.6 Å². The molecule has 1 atom stereocenters. The fourth-order valence-electron chi connectivity index (χ4n) is 2.46. The average molecular weight is 232 g/mol. The molecule has 0 radical (unpaired) electrons. The topological polar surface area (TPSA) is 26.3 Å². The molecule has 0 N–H and O–H groups in total. The SMILES string of the molecule is CCCCC1(CC)CC(=O)c2ccccc2O1. The van der Waals surface area contributed by atoms with Crippen molar-refractivity contribution in [3.63, 3.8) is 0 Å². The Hall–Kier alpha value is -1.31. The van der Waals surface area contributed by atoms with E-state index in [4.69, 9.17) is 4.74 Å². The quantitative estimate of drug-likeness (QED) is 0.784. The van der Waals surface area contributed by atoms with Crippen molar-refractivity contribution in [1.29, 1.82) is 0 Å². The van der Waals surface area contributed by atoms with Crippen LogP contribution in [0.25, 0.3) is 0 Å². The number of ketones is 1. The van der Waals surface area contributed by atoms with Gasteiger partial charge in [0.2, 0.25) is 0 Å². The Kier molecular flexibility index (Phi) is 3.51. The molecule has 0 fully saturated rings. The van der Waals surface area contributed by atoms with Gasteiger partial charge in [-0.25, -0.2) is 0 Å². The smallest absolute Gasteiger partial charge is 0.170 e. The van der Waals surface area contributed by atoms with Gasteiger partial charge in [0.15, 0.2) is 5.78 Å². The Balaban J connectivity index is 2.27. The van der Waals surface area contributed by atoms with Crippen LogP contribution >= 0.6 is 0 Å². The van der Waals surface area contributed by atoms with Crippen LogP contribution in [-0.4, -0.2) is 11.4 Å². The third-order valence-electron chi connectivity index (χ3n) is 3.63. The van der Waals surface area contributed by atoms with Crippen molar-refractivity contribution in [1.82, 2.24) is 0 Å². The first-order valence-corrected chi connectivity index (χ1v) is 6.52. The van der Waals surface area contributed by atoms with Crippen molar-refractivity contribution >= 4 is 5.78 Å². The number of fused-ring (bicyclic) bond motifs is 1. The lowest BCUT2D eigenvalue weighted by Crippen LogP contribution is -2.41. The fourth-order valence-corrected chi connectivity index (χ4v) is 2.46. The summed E-state index contributed by atoms with van der Waals surface area (Å²) in [5, 5.41) is 0. The van der Waals surface area contributed by atoms with E-state index in [2.05, 4.69) is 13.8 Å². The third kappa shape index (κ3) is 2.36. The number of carbonyl (C=O) groups is 1. The van der Waals surface area contributed by atoms with E-state index in [1.165, 1.54) is 0 Å². The van der Waals surface area contributed by atoms with Crippen LogP contribution in [0.2, 0.25) is 0 Å². The minimum absolute atomic E-state index is 0.227. The largest absolute Gasteiger partial charge is 0.486 e. The van der Waals surface area contributed by atoms with Crippen LogP contribution in [0.1, 0.15) is 56.3 Å². The molecule has 17 heavy (non-hydrogen) atoms. The second kappa shape index (κ2) is 4.91. The van der Waals surface area contributed by atoms with Crippen LogP contribution in [0.5, 0.6) is 5.75 Å². The van der Waals surface area contributed by atoms with Gasteiger partial charge in [0, 0.05) is 0 Å². The zero-order valence-corrected chi connectivity index (χ0v) is 10.7. The number of rotatable bonds is 4. The number of para-hydroxylation sites is 1. The van der Waals surface area contributed by atoms with E-state index in [0.29, 0.717) is 6.42 Å². The molecule has 2 rings (SSSR count). The Morgan fingerprint density at radius 3 is 2.76 bits per heavy atom. The molecule has 0 aliphatic carbocycles. The molecule has 0 saturated heterocycles. The number of hydrogen-bond donors (Lipinski definition) is 0. The van der Waals surface area contributed by atoms with Gasteiger partial charge in [-0.2, -0.15) is 0 Å². The van der Waals surface area contributed by atoms with Gasteiger partial charge in [-0.1, -0.05) is 32.4 Å². The highest BCUT2D eigenvalue weighted by molar-refractivity contribution is 6.00. The lowest BCUT2D eigenvalue weighted by Gasteiger charge is -2.37. The van der Waals surface area contributed by atoms with Crippen LogP contribution in [0.3, 0.4) is 0 Å². The lowest BCUT2D eigenvalue weighted by molar-refractivity contribution is 0.0300. The van der Waals surface area contributed by atoms with Crippen molar-refractivity contribution < 1.29 is 9.53 Å². The maximum Gasteiger partial charge on any atom is 0.170 e. The van der Waals surface area contributed by atoms with Crippen LogP contribution in [-0.2, 0) is 0 Å². The molecule has 2 nitrogen and oxygen atoms in total. The highest BCUT2D eigenvalue weighted by Gasteiger charge is 2.38. The summed E-state index contributed by atoms with van der Waals surface area (Å²) in [6, 6.07) is 7.59. The number of carbonyl (C=O) groups excluding carboxylic acids is 1. The van der Waals surface area contributed by atoms with Crippen molar-refractivity contribution in [2.75, 3.05) is 0 Å². The molecule has 0 spiro atoms. The van der Waals surface area contributed by atoms with Crippen LogP contribution < -0.4 is 4.74 Å². The summed E-state index contributed by atoms with van der Waals surface area (Å²) in [6.45, 7) is 4.28. The molecule has 1 aromatic carbocycles. The molecule has 2 heteroatoms. The molecule has 0 aromatic heterocycles. The minimum atomic E-state index is -0.262. The van der Waals surface area contributed by atoms with E-state index < -0.39 is 0 Å². The number of hydrogen-bond acceptors (Lipinski definition) is 2. The summed E-state index contributed by atoms with van der Waals surface area (Å²) < 4.78 is 6.12. The highest BCUT2D eigenvalue weighted by atomic mass is 16.5. The molecule has 0 saturated carbocycles. The normalized spacial score (nSPS) is 23.1. The van der Waals surface area contributed by atoms with Gasteiger partial charge in [0.1, 0.15) is 11.4 Å². The predicted molar refractivity (Wildman–Crippen MR) is 68.6 cm³/mol. The number of Topliss-reactive ketones (excluding diaryl/α,β-unsaturated/α-hetero) is 1.